The van der Waals surface area contributed by atoms with Gasteiger partial charge >= 0.3 is 12.0 Å². The first-order valence-electron chi connectivity index (χ1n) is 8.70. The zero-order valence-corrected chi connectivity index (χ0v) is 15.3. The fourth-order valence-electron chi connectivity index (χ4n) is 3.33. The van der Waals surface area contributed by atoms with Crippen molar-refractivity contribution >= 4 is 35.2 Å². The Balaban J connectivity index is 1.51. The molecular weight excluding hydrogens is 358 g/mol. The first kappa shape index (κ1) is 18.5. The second kappa shape index (κ2) is 7.53. The second-order valence-corrected chi connectivity index (χ2v) is 7.24. The lowest BCUT2D eigenvalue weighted by atomic mass is 9.73. The van der Waals surface area contributed by atoms with E-state index in [9.17, 15) is 14.4 Å². The summed E-state index contributed by atoms with van der Waals surface area (Å²) >= 11 is 6.07. The molecule has 3 amide bonds. The van der Waals surface area contributed by atoms with Gasteiger partial charge in [0.1, 0.15) is 0 Å². The summed E-state index contributed by atoms with van der Waals surface area (Å²) in [5, 5.41) is 12.5. The van der Waals surface area contributed by atoms with Crippen LogP contribution in [0.4, 0.5) is 10.5 Å². The third-order valence-corrected chi connectivity index (χ3v) is 5.62. The topological polar surface area (TPSA) is 90.0 Å². The van der Waals surface area contributed by atoms with Crippen LogP contribution in [0.3, 0.4) is 0 Å². The number of hydrogen-bond donors (Lipinski definition) is 2. The lowest BCUT2D eigenvalue weighted by Gasteiger charge is -2.40. The highest BCUT2D eigenvalue weighted by Crippen LogP contribution is 2.36. The van der Waals surface area contributed by atoms with E-state index in [-0.39, 0.29) is 11.9 Å². The first-order valence-corrected chi connectivity index (χ1v) is 9.08. The highest BCUT2D eigenvalue weighted by atomic mass is 35.5. The third-order valence-electron chi connectivity index (χ3n) is 5.21. The second-order valence-electron chi connectivity index (χ2n) is 6.84. The number of aryl methyl sites for hydroxylation is 1. The van der Waals surface area contributed by atoms with Crippen molar-refractivity contribution in [2.24, 2.45) is 11.8 Å². The summed E-state index contributed by atoms with van der Waals surface area (Å²) in [5.41, 5.74) is 1.57. The van der Waals surface area contributed by atoms with Crippen LogP contribution in [-0.2, 0) is 9.59 Å². The SMILES string of the molecule is Cc1ccc(NC(=O)N2CCN(C(=O)C3CCC3C(=O)O)CC2)cc1Cl. The maximum Gasteiger partial charge on any atom is 0.321 e. The lowest BCUT2D eigenvalue weighted by Crippen LogP contribution is -2.55. The van der Waals surface area contributed by atoms with Crippen LogP contribution >= 0.6 is 11.6 Å². The number of carboxylic acid groups (broad SMARTS) is 1. The van der Waals surface area contributed by atoms with Gasteiger partial charge in [-0.1, -0.05) is 17.7 Å². The molecule has 0 spiro atoms. The summed E-state index contributed by atoms with van der Waals surface area (Å²) in [6.45, 7) is 3.57. The predicted octanol–water partition coefficient (Wildman–Crippen LogP) is 2.44. The minimum Gasteiger partial charge on any atom is -0.481 e. The van der Waals surface area contributed by atoms with Crippen LogP contribution in [0, 0.1) is 18.8 Å². The summed E-state index contributed by atoms with van der Waals surface area (Å²) in [4.78, 5) is 39.3. The van der Waals surface area contributed by atoms with E-state index in [1.807, 2.05) is 13.0 Å². The highest BCUT2D eigenvalue weighted by Gasteiger charge is 2.43. The average molecular weight is 380 g/mol. The molecule has 1 saturated carbocycles. The van der Waals surface area contributed by atoms with Gasteiger partial charge in [0.2, 0.25) is 5.91 Å². The summed E-state index contributed by atoms with van der Waals surface area (Å²) in [5.74, 6) is -1.98. The molecule has 0 radical (unpaired) electrons. The zero-order valence-electron chi connectivity index (χ0n) is 14.6. The highest BCUT2D eigenvalue weighted by molar-refractivity contribution is 6.31. The number of urea groups is 1. The van der Waals surface area contributed by atoms with E-state index in [0.29, 0.717) is 49.7 Å². The molecule has 0 aromatic heterocycles. The Morgan fingerprint density at radius 2 is 1.69 bits per heavy atom. The smallest absolute Gasteiger partial charge is 0.321 e. The molecule has 26 heavy (non-hydrogen) atoms. The van der Waals surface area contributed by atoms with Gasteiger partial charge in [0.25, 0.3) is 0 Å². The third kappa shape index (κ3) is 3.77. The number of benzene rings is 1. The number of hydrogen-bond acceptors (Lipinski definition) is 3. The van der Waals surface area contributed by atoms with E-state index < -0.39 is 17.8 Å². The molecule has 2 unspecified atom stereocenters. The molecule has 7 nitrogen and oxygen atoms in total. The van der Waals surface area contributed by atoms with E-state index in [0.717, 1.165) is 5.56 Å². The van der Waals surface area contributed by atoms with Crippen LogP contribution < -0.4 is 5.32 Å². The van der Waals surface area contributed by atoms with E-state index in [1.54, 1.807) is 21.9 Å². The number of nitrogens with one attached hydrogen (secondary N) is 1. The quantitative estimate of drug-likeness (QED) is 0.844. The molecule has 1 saturated heterocycles. The number of piperazine rings is 1. The van der Waals surface area contributed by atoms with Crippen LogP contribution in [0.25, 0.3) is 0 Å². The Morgan fingerprint density at radius 1 is 1.08 bits per heavy atom. The monoisotopic (exact) mass is 379 g/mol. The van der Waals surface area contributed by atoms with E-state index >= 15 is 0 Å². The van der Waals surface area contributed by atoms with Gasteiger partial charge in [0.05, 0.1) is 11.8 Å². The van der Waals surface area contributed by atoms with E-state index in [1.165, 1.54) is 0 Å². The van der Waals surface area contributed by atoms with Crippen molar-refractivity contribution < 1.29 is 19.5 Å². The maximum atomic E-state index is 12.5. The molecule has 1 aromatic carbocycles. The van der Waals surface area contributed by atoms with E-state index in [4.69, 9.17) is 16.7 Å². The summed E-state index contributed by atoms with van der Waals surface area (Å²) in [6, 6.07) is 5.11. The van der Waals surface area contributed by atoms with Crippen molar-refractivity contribution in [2.45, 2.75) is 19.8 Å². The molecule has 2 atom stereocenters. The molecule has 140 valence electrons. The van der Waals surface area contributed by atoms with Crippen LogP contribution in [0.1, 0.15) is 18.4 Å². The maximum absolute atomic E-state index is 12.5. The average Bonchev–Trinajstić information content (AvgIpc) is 2.56. The Morgan fingerprint density at radius 3 is 2.23 bits per heavy atom. The van der Waals surface area contributed by atoms with Gasteiger partial charge in [0.15, 0.2) is 0 Å². The fourth-order valence-corrected chi connectivity index (χ4v) is 3.51. The van der Waals surface area contributed by atoms with Crippen molar-refractivity contribution in [2.75, 3.05) is 31.5 Å². The number of anilines is 1. The van der Waals surface area contributed by atoms with Crippen LogP contribution in [0.15, 0.2) is 18.2 Å². The van der Waals surface area contributed by atoms with Crippen molar-refractivity contribution in [1.29, 1.82) is 0 Å². The van der Waals surface area contributed by atoms with Gasteiger partial charge in [-0.3, -0.25) is 9.59 Å². The Kier molecular flexibility index (Phi) is 5.36. The van der Waals surface area contributed by atoms with Crippen molar-refractivity contribution in [3.8, 4) is 0 Å². The largest absolute Gasteiger partial charge is 0.481 e. The molecule has 1 aliphatic carbocycles. The molecule has 8 heteroatoms. The number of rotatable bonds is 3. The van der Waals surface area contributed by atoms with Crippen LogP contribution in [0.5, 0.6) is 0 Å². The molecule has 1 aromatic rings. The number of carbonyl (C=O) groups is 3. The number of carbonyl (C=O) groups excluding carboxylic acids is 2. The van der Waals surface area contributed by atoms with Crippen molar-refractivity contribution in [1.82, 2.24) is 9.80 Å². The van der Waals surface area contributed by atoms with Crippen molar-refractivity contribution in [3.05, 3.63) is 28.8 Å². The molecule has 2 N–H and O–H groups in total. The molecule has 0 bridgehead atoms. The van der Waals surface area contributed by atoms with Gasteiger partial charge in [-0.25, -0.2) is 4.79 Å². The minimum absolute atomic E-state index is 0.103. The van der Waals surface area contributed by atoms with Gasteiger partial charge < -0.3 is 20.2 Å². The zero-order chi connectivity index (χ0) is 18.8. The van der Waals surface area contributed by atoms with Gasteiger partial charge in [-0.05, 0) is 37.5 Å². The Hall–Kier alpha value is -2.28. The number of amides is 3. The number of halogens is 1. The van der Waals surface area contributed by atoms with E-state index in [2.05, 4.69) is 5.32 Å². The molecular formula is C18H22ClN3O4. The molecule has 3 rings (SSSR count). The molecule has 1 heterocycles. The van der Waals surface area contributed by atoms with Gasteiger partial charge in [0, 0.05) is 36.9 Å². The number of aliphatic carboxylic acids is 1. The van der Waals surface area contributed by atoms with Crippen molar-refractivity contribution in [3.63, 3.8) is 0 Å². The van der Waals surface area contributed by atoms with Gasteiger partial charge in [-0.2, -0.15) is 0 Å². The summed E-state index contributed by atoms with van der Waals surface area (Å²) < 4.78 is 0. The summed E-state index contributed by atoms with van der Waals surface area (Å²) in [7, 11) is 0. The standard InChI is InChI=1S/C18H22ClN3O4/c1-11-2-3-12(10-15(11)19)20-18(26)22-8-6-21(7-9-22)16(23)13-4-5-14(13)17(24)25/h2-3,10,13-14H,4-9H2,1H3,(H,20,26)(H,24,25). The first-order chi connectivity index (χ1) is 12.4. The lowest BCUT2D eigenvalue weighted by molar-refractivity contribution is -0.157. The number of nitrogens with zero attached hydrogens (tertiary/aromatic N) is 2. The molecule has 1 aliphatic heterocycles. The fraction of sp³-hybridized carbons (Fsp3) is 0.500. The Bertz CT molecular complexity index is 731. The summed E-state index contributed by atoms with van der Waals surface area (Å²) in [6.07, 6.45) is 1.19. The van der Waals surface area contributed by atoms with Gasteiger partial charge in [-0.15, -0.1) is 0 Å². The van der Waals surface area contributed by atoms with Crippen LogP contribution in [-0.4, -0.2) is 59.0 Å². The molecule has 2 fully saturated rings. The number of carboxylic acids is 1. The predicted molar refractivity (Wildman–Crippen MR) is 97.2 cm³/mol. The normalized spacial score (nSPS) is 22.5. The Labute approximate surface area is 156 Å². The van der Waals surface area contributed by atoms with Crippen LogP contribution in [0.2, 0.25) is 5.02 Å². The minimum atomic E-state index is -0.899. The molecule has 2 aliphatic rings.